The minimum Gasteiger partial charge on any atom is -0.354 e. The summed E-state index contributed by atoms with van der Waals surface area (Å²) in [7, 11) is 0. The number of hydrogen-bond donors (Lipinski definition) is 1. The Balaban J connectivity index is 1.68. The average Bonchev–Trinajstić information content (AvgIpc) is 2.92. The Kier molecular flexibility index (Phi) is 4.54. The number of nitrogens with zero attached hydrogens (tertiary/aromatic N) is 5. The lowest BCUT2D eigenvalue weighted by Crippen LogP contribution is -2.42. The van der Waals surface area contributed by atoms with Crippen LogP contribution < -0.4 is 5.32 Å². The third kappa shape index (κ3) is 3.42. The summed E-state index contributed by atoms with van der Waals surface area (Å²) in [6.07, 6.45) is 0.668. The molecule has 1 aliphatic rings. The fourth-order valence-electron chi connectivity index (χ4n) is 2.77. The standard InChI is InChI=1S/C16H20N6O2/c1-11-10-17-15(23)7-8-21(11)16(24)9-13-3-5-14(6-4-13)22-12(2)18-19-20-22/h3-6,11H,7-10H2,1-2H3,(H,17,23). The molecule has 1 aromatic carbocycles. The molecule has 8 heteroatoms. The molecule has 0 saturated carbocycles. The molecule has 1 atom stereocenters. The Bertz CT molecular complexity index is 739. The van der Waals surface area contributed by atoms with Gasteiger partial charge in [-0.1, -0.05) is 12.1 Å². The van der Waals surface area contributed by atoms with Gasteiger partial charge < -0.3 is 10.2 Å². The van der Waals surface area contributed by atoms with Crippen molar-refractivity contribution in [2.75, 3.05) is 13.1 Å². The van der Waals surface area contributed by atoms with Crippen molar-refractivity contribution in [3.8, 4) is 5.69 Å². The minimum absolute atomic E-state index is 0.00156. The number of rotatable bonds is 3. The predicted molar refractivity (Wildman–Crippen MR) is 86.4 cm³/mol. The Morgan fingerprint density at radius 1 is 1.33 bits per heavy atom. The van der Waals surface area contributed by atoms with Gasteiger partial charge in [0, 0.05) is 25.6 Å². The van der Waals surface area contributed by atoms with Crippen molar-refractivity contribution in [1.82, 2.24) is 30.4 Å². The monoisotopic (exact) mass is 328 g/mol. The van der Waals surface area contributed by atoms with Crippen molar-refractivity contribution < 1.29 is 9.59 Å². The molecule has 3 rings (SSSR count). The third-order valence-electron chi connectivity index (χ3n) is 4.19. The van der Waals surface area contributed by atoms with Crippen molar-refractivity contribution in [2.45, 2.75) is 32.7 Å². The first kappa shape index (κ1) is 16.1. The molecule has 0 radical (unpaired) electrons. The van der Waals surface area contributed by atoms with E-state index in [9.17, 15) is 9.59 Å². The zero-order chi connectivity index (χ0) is 17.1. The highest BCUT2D eigenvalue weighted by Gasteiger charge is 2.24. The van der Waals surface area contributed by atoms with Crippen LogP contribution in [-0.4, -0.2) is 56.1 Å². The summed E-state index contributed by atoms with van der Waals surface area (Å²) in [6.45, 7) is 4.75. The van der Waals surface area contributed by atoms with Crippen LogP contribution in [0.3, 0.4) is 0 Å². The van der Waals surface area contributed by atoms with Gasteiger partial charge >= 0.3 is 0 Å². The van der Waals surface area contributed by atoms with Crippen molar-refractivity contribution in [1.29, 1.82) is 0 Å². The van der Waals surface area contributed by atoms with E-state index in [-0.39, 0.29) is 17.9 Å². The Hall–Kier alpha value is -2.77. The smallest absolute Gasteiger partial charge is 0.227 e. The molecule has 0 bridgehead atoms. The molecule has 0 spiro atoms. The van der Waals surface area contributed by atoms with E-state index in [0.717, 1.165) is 11.3 Å². The van der Waals surface area contributed by atoms with Crippen LogP contribution in [-0.2, 0) is 16.0 Å². The highest BCUT2D eigenvalue weighted by Crippen LogP contribution is 2.13. The molecule has 2 heterocycles. The van der Waals surface area contributed by atoms with E-state index in [4.69, 9.17) is 0 Å². The van der Waals surface area contributed by atoms with Crippen LogP contribution in [0.5, 0.6) is 0 Å². The van der Waals surface area contributed by atoms with Crippen LogP contribution in [0.25, 0.3) is 5.69 Å². The molecule has 1 aliphatic heterocycles. The van der Waals surface area contributed by atoms with Gasteiger partial charge in [-0.25, -0.2) is 0 Å². The van der Waals surface area contributed by atoms with Gasteiger partial charge in [0.25, 0.3) is 0 Å². The lowest BCUT2D eigenvalue weighted by atomic mass is 10.1. The zero-order valence-corrected chi connectivity index (χ0v) is 13.8. The quantitative estimate of drug-likeness (QED) is 0.872. The molecular formula is C16H20N6O2. The third-order valence-corrected chi connectivity index (χ3v) is 4.19. The molecule has 8 nitrogen and oxygen atoms in total. The fraction of sp³-hybridized carbons (Fsp3) is 0.438. The van der Waals surface area contributed by atoms with Gasteiger partial charge in [-0.2, -0.15) is 4.68 Å². The summed E-state index contributed by atoms with van der Waals surface area (Å²) in [6, 6.07) is 7.60. The van der Waals surface area contributed by atoms with E-state index in [2.05, 4.69) is 20.8 Å². The van der Waals surface area contributed by atoms with Gasteiger partial charge in [-0.3, -0.25) is 9.59 Å². The van der Waals surface area contributed by atoms with E-state index in [1.807, 2.05) is 38.1 Å². The molecule has 24 heavy (non-hydrogen) atoms. The van der Waals surface area contributed by atoms with Crippen LogP contribution in [0.2, 0.25) is 0 Å². The lowest BCUT2D eigenvalue weighted by Gasteiger charge is -2.26. The second-order valence-electron chi connectivity index (χ2n) is 5.97. The highest BCUT2D eigenvalue weighted by atomic mass is 16.2. The van der Waals surface area contributed by atoms with Gasteiger partial charge in [0.05, 0.1) is 12.1 Å². The largest absolute Gasteiger partial charge is 0.354 e. The summed E-state index contributed by atoms with van der Waals surface area (Å²) in [5, 5.41) is 14.2. The van der Waals surface area contributed by atoms with Crippen LogP contribution >= 0.6 is 0 Å². The molecule has 1 N–H and O–H groups in total. The Morgan fingerprint density at radius 3 is 2.75 bits per heavy atom. The molecule has 126 valence electrons. The highest BCUT2D eigenvalue weighted by molar-refractivity contribution is 5.81. The molecule has 1 unspecified atom stereocenters. The topological polar surface area (TPSA) is 93.0 Å². The van der Waals surface area contributed by atoms with Crippen molar-refractivity contribution >= 4 is 11.8 Å². The van der Waals surface area contributed by atoms with Gasteiger partial charge in [-0.15, -0.1) is 5.10 Å². The second kappa shape index (κ2) is 6.77. The molecular weight excluding hydrogens is 308 g/mol. The molecule has 1 aromatic heterocycles. The number of aryl methyl sites for hydroxylation is 1. The minimum atomic E-state index is -0.00156. The molecule has 0 aliphatic carbocycles. The van der Waals surface area contributed by atoms with E-state index in [1.54, 1.807) is 9.58 Å². The Morgan fingerprint density at radius 2 is 2.08 bits per heavy atom. The van der Waals surface area contributed by atoms with Crippen molar-refractivity contribution in [3.63, 3.8) is 0 Å². The first-order chi connectivity index (χ1) is 11.5. The van der Waals surface area contributed by atoms with Crippen LogP contribution in [0.4, 0.5) is 0 Å². The average molecular weight is 328 g/mol. The lowest BCUT2D eigenvalue weighted by molar-refractivity contribution is -0.132. The molecule has 1 saturated heterocycles. The maximum absolute atomic E-state index is 12.6. The van der Waals surface area contributed by atoms with Gasteiger partial charge in [0.1, 0.15) is 0 Å². The summed E-state index contributed by atoms with van der Waals surface area (Å²) in [4.78, 5) is 25.8. The maximum atomic E-state index is 12.6. The van der Waals surface area contributed by atoms with E-state index >= 15 is 0 Å². The first-order valence-electron chi connectivity index (χ1n) is 7.95. The summed E-state index contributed by atoms with van der Waals surface area (Å²) < 4.78 is 1.64. The molecule has 1 fully saturated rings. The molecule has 2 aromatic rings. The molecule has 2 amide bonds. The van der Waals surface area contributed by atoms with E-state index < -0.39 is 0 Å². The fourth-order valence-corrected chi connectivity index (χ4v) is 2.77. The first-order valence-corrected chi connectivity index (χ1v) is 7.95. The normalized spacial score (nSPS) is 18.2. The summed E-state index contributed by atoms with van der Waals surface area (Å²) >= 11 is 0. The van der Waals surface area contributed by atoms with Gasteiger partial charge in [0.2, 0.25) is 11.8 Å². The SMILES string of the molecule is Cc1nnnn1-c1ccc(CC(=O)N2CCC(=O)NCC2C)cc1. The number of tetrazole rings is 1. The number of aromatic nitrogens is 4. The number of benzene rings is 1. The van der Waals surface area contributed by atoms with Crippen molar-refractivity contribution in [3.05, 3.63) is 35.7 Å². The van der Waals surface area contributed by atoms with Crippen LogP contribution in [0.15, 0.2) is 24.3 Å². The maximum Gasteiger partial charge on any atom is 0.227 e. The van der Waals surface area contributed by atoms with Crippen LogP contribution in [0, 0.1) is 6.92 Å². The van der Waals surface area contributed by atoms with Gasteiger partial charge in [0.15, 0.2) is 5.82 Å². The number of nitrogens with one attached hydrogen (secondary N) is 1. The number of hydrogen-bond acceptors (Lipinski definition) is 5. The van der Waals surface area contributed by atoms with Crippen molar-refractivity contribution in [2.24, 2.45) is 0 Å². The number of carbonyl (C=O) groups excluding carboxylic acids is 2. The summed E-state index contributed by atoms with van der Waals surface area (Å²) in [5.74, 6) is 0.734. The number of carbonyl (C=O) groups is 2. The van der Waals surface area contributed by atoms with Gasteiger partial charge in [-0.05, 0) is 42.0 Å². The number of amides is 2. The van der Waals surface area contributed by atoms with E-state index in [0.29, 0.717) is 31.8 Å². The summed E-state index contributed by atoms with van der Waals surface area (Å²) in [5.41, 5.74) is 1.77. The predicted octanol–water partition coefficient (Wildman–Crippen LogP) is 0.250. The van der Waals surface area contributed by atoms with E-state index in [1.165, 1.54) is 0 Å². The second-order valence-corrected chi connectivity index (χ2v) is 5.97. The Labute approximate surface area is 139 Å². The van der Waals surface area contributed by atoms with Crippen LogP contribution in [0.1, 0.15) is 24.7 Å². The zero-order valence-electron chi connectivity index (χ0n) is 13.8.